The lowest BCUT2D eigenvalue weighted by Crippen LogP contribution is -2.28. The molecule has 0 fully saturated rings. The van der Waals surface area contributed by atoms with Crippen LogP contribution in [0, 0.1) is 0 Å². The smallest absolute Gasteiger partial charge is 0.307 e. The number of fused-ring (bicyclic) bond motifs is 1. The number of benzene rings is 1. The molecule has 1 amide bonds. The zero-order chi connectivity index (χ0) is 26.5. The Morgan fingerprint density at radius 1 is 1.00 bits per heavy atom. The van der Waals surface area contributed by atoms with Gasteiger partial charge < -0.3 is 33.7 Å². The van der Waals surface area contributed by atoms with Crippen LogP contribution in [-0.4, -0.2) is 98.6 Å². The zero-order valence-corrected chi connectivity index (χ0v) is 21.6. The van der Waals surface area contributed by atoms with Crippen molar-refractivity contribution < 1.29 is 28.5 Å². The molecule has 0 bridgehead atoms. The number of esters is 1. The molecule has 0 unspecified atom stereocenters. The van der Waals surface area contributed by atoms with Crippen molar-refractivity contribution in [2.45, 2.75) is 13.0 Å². The molecule has 0 aliphatic heterocycles. The third-order valence-corrected chi connectivity index (χ3v) is 5.39. The highest BCUT2D eigenvalue weighted by Gasteiger charge is 2.13. The Hall–Kier alpha value is -3.54. The van der Waals surface area contributed by atoms with Crippen LogP contribution < -0.4 is 10.1 Å². The first-order valence-corrected chi connectivity index (χ1v) is 12.2. The molecule has 3 rings (SSSR count). The van der Waals surface area contributed by atoms with Gasteiger partial charge in [-0.25, -0.2) is 9.97 Å². The number of para-hydroxylation sites is 1. The molecule has 200 valence electrons. The van der Waals surface area contributed by atoms with E-state index in [-0.39, 0.29) is 24.9 Å². The van der Waals surface area contributed by atoms with E-state index in [2.05, 4.69) is 24.9 Å². The van der Waals surface area contributed by atoms with Gasteiger partial charge in [-0.3, -0.25) is 9.59 Å². The van der Waals surface area contributed by atoms with E-state index in [9.17, 15) is 9.59 Å². The van der Waals surface area contributed by atoms with Crippen molar-refractivity contribution in [1.82, 2.24) is 24.8 Å². The lowest BCUT2D eigenvalue weighted by atomic mass is 10.2. The highest BCUT2D eigenvalue weighted by atomic mass is 16.5. The Morgan fingerprint density at radius 2 is 1.78 bits per heavy atom. The summed E-state index contributed by atoms with van der Waals surface area (Å²) in [4.78, 5) is 34.7. The summed E-state index contributed by atoms with van der Waals surface area (Å²) in [5, 5.41) is 2.81. The van der Waals surface area contributed by atoms with Crippen LogP contribution in [0.25, 0.3) is 11.2 Å². The predicted octanol–water partition coefficient (Wildman–Crippen LogP) is 1.75. The summed E-state index contributed by atoms with van der Waals surface area (Å²) >= 11 is 0. The van der Waals surface area contributed by atoms with Gasteiger partial charge in [-0.2, -0.15) is 0 Å². The number of methoxy groups -OCH3 is 1. The number of pyridine rings is 1. The van der Waals surface area contributed by atoms with Gasteiger partial charge in [-0.15, -0.1) is 0 Å². The predicted molar refractivity (Wildman–Crippen MR) is 138 cm³/mol. The summed E-state index contributed by atoms with van der Waals surface area (Å²) in [6.45, 7) is 3.59. The first-order chi connectivity index (χ1) is 18.0. The van der Waals surface area contributed by atoms with Crippen LogP contribution in [0.4, 0.5) is 0 Å². The van der Waals surface area contributed by atoms with E-state index in [4.69, 9.17) is 14.2 Å². The number of carbonyl (C=O) groups excluding carboxylic acids is 2. The lowest BCUT2D eigenvalue weighted by Gasteiger charge is -2.14. The second kappa shape index (κ2) is 14.9. The summed E-state index contributed by atoms with van der Waals surface area (Å²) in [6, 6.07) is 11.3. The van der Waals surface area contributed by atoms with Gasteiger partial charge >= 0.3 is 5.97 Å². The number of nitrogens with zero attached hydrogens (tertiary/aromatic N) is 4. The normalized spacial score (nSPS) is 11.1. The number of carbonyl (C=O) groups is 2. The molecular weight excluding hydrogens is 478 g/mol. The van der Waals surface area contributed by atoms with E-state index < -0.39 is 0 Å². The fraction of sp³-hybridized carbons (Fsp3) is 0.462. The minimum absolute atomic E-state index is 0.208. The molecule has 11 nitrogen and oxygen atoms in total. The van der Waals surface area contributed by atoms with E-state index in [0.29, 0.717) is 56.4 Å². The molecule has 0 atom stereocenters. The molecule has 0 radical (unpaired) electrons. The number of imidazole rings is 1. The van der Waals surface area contributed by atoms with Crippen molar-refractivity contribution >= 4 is 23.0 Å². The molecule has 2 aromatic heterocycles. The van der Waals surface area contributed by atoms with Crippen LogP contribution in [0.15, 0.2) is 42.7 Å². The maximum absolute atomic E-state index is 12.6. The summed E-state index contributed by atoms with van der Waals surface area (Å²) in [7, 11) is 5.35. The average molecular weight is 514 g/mol. The quantitative estimate of drug-likeness (QED) is 0.226. The van der Waals surface area contributed by atoms with Crippen molar-refractivity contribution in [3.8, 4) is 5.75 Å². The second-order valence-electron chi connectivity index (χ2n) is 8.48. The van der Waals surface area contributed by atoms with Crippen LogP contribution in [0.5, 0.6) is 5.75 Å². The van der Waals surface area contributed by atoms with Gasteiger partial charge in [0, 0.05) is 18.7 Å². The highest BCUT2D eigenvalue weighted by Crippen LogP contribution is 2.21. The Balaban J connectivity index is 1.49. The number of hydrogen-bond acceptors (Lipinski definition) is 9. The fourth-order valence-electron chi connectivity index (χ4n) is 3.39. The Kier molecular flexibility index (Phi) is 11.3. The van der Waals surface area contributed by atoms with Crippen LogP contribution in [0.3, 0.4) is 0 Å². The van der Waals surface area contributed by atoms with Crippen molar-refractivity contribution in [2.75, 3.05) is 67.3 Å². The van der Waals surface area contributed by atoms with Crippen molar-refractivity contribution in [3.05, 3.63) is 54.0 Å². The largest absolute Gasteiger partial charge is 0.492 e. The number of rotatable bonds is 16. The first kappa shape index (κ1) is 28.0. The maximum atomic E-state index is 12.6. The van der Waals surface area contributed by atoms with Crippen LogP contribution in [0.2, 0.25) is 0 Å². The van der Waals surface area contributed by atoms with Gasteiger partial charge in [0.1, 0.15) is 23.6 Å². The summed E-state index contributed by atoms with van der Waals surface area (Å²) in [5.74, 6) is 0.210. The van der Waals surface area contributed by atoms with Crippen LogP contribution in [-0.2, 0) is 25.5 Å². The molecule has 37 heavy (non-hydrogen) atoms. The molecule has 0 aliphatic carbocycles. The van der Waals surface area contributed by atoms with E-state index in [1.54, 1.807) is 18.5 Å². The third-order valence-electron chi connectivity index (χ3n) is 5.39. The summed E-state index contributed by atoms with van der Waals surface area (Å²) in [5.41, 5.74) is 2.63. The van der Waals surface area contributed by atoms with Gasteiger partial charge in [0.05, 0.1) is 52.8 Å². The number of likely N-dealkylation sites (N-methyl/N-ethyl adjacent to an activating group) is 1. The monoisotopic (exact) mass is 513 g/mol. The van der Waals surface area contributed by atoms with Gasteiger partial charge in [0.15, 0.2) is 5.65 Å². The first-order valence-electron chi connectivity index (χ1n) is 12.2. The number of aromatic nitrogens is 3. The van der Waals surface area contributed by atoms with E-state index >= 15 is 0 Å². The molecule has 1 aromatic carbocycles. The molecule has 0 saturated heterocycles. The summed E-state index contributed by atoms with van der Waals surface area (Å²) in [6.07, 6.45) is 1.93. The second-order valence-corrected chi connectivity index (χ2v) is 8.48. The molecule has 0 spiro atoms. The molecule has 2 heterocycles. The number of nitrogens with one attached hydrogen (secondary N) is 1. The van der Waals surface area contributed by atoms with Crippen molar-refractivity contribution in [1.29, 1.82) is 0 Å². The Bertz CT molecular complexity index is 1150. The van der Waals surface area contributed by atoms with Crippen molar-refractivity contribution in [2.24, 2.45) is 0 Å². The number of ether oxygens (including phenoxy) is 4. The number of hydrogen-bond donors (Lipinski definition) is 1. The van der Waals surface area contributed by atoms with E-state index in [1.807, 2.05) is 42.9 Å². The zero-order valence-electron chi connectivity index (χ0n) is 21.6. The van der Waals surface area contributed by atoms with Gasteiger partial charge in [0.2, 0.25) is 0 Å². The highest BCUT2D eigenvalue weighted by molar-refractivity contribution is 5.94. The Morgan fingerprint density at radius 3 is 2.57 bits per heavy atom. The third kappa shape index (κ3) is 9.12. The van der Waals surface area contributed by atoms with E-state index in [1.165, 1.54) is 7.11 Å². The topological polar surface area (TPSA) is 117 Å². The molecule has 3 aromatic rings. The molecular formula is C26H35N5O6. The molecule has 1 N–H and O–H groups in total. The molecule has 0 saturated carbocycles. The molecule has 11 heteroatoms. The minimum atomic E-state index is -0.312. The van der Waals surface area contributed by atoms with Gasteiger partial charge in [-0.1, -0.05) is 18.2 Å². The fourth-order valence-corrected chi connectivity index (χ4v) is 3.39. The maximum Gasteiger partial charge on any atom is 0.307 e. The molecule has 0 aliphatic rings. The SMILES string of the molecule is COC(=O)CCOCCOCCNC(=O)c1ccc2ncn(Cc3ccccc3OCCN(C)C)c2n1. The Labute approximate surface area is 216 Å². The van der Waals surface area contributed by atoms with Gasteiger partial charge in [0.25, 0.3) is 5.91 Å². The lowest BCUT2D eigenvalue weighted by molar-refractivity contribution is -0.141. The minimum Gasteiger partial charge on any atom is -0.492 e. The van der Waals surface area contributed by atoms with Crippen LogP contribution in [0.1, 0.15) is 22.5 Å². The van der Waals surface area contributed by atoms with Crippen LogP contribution >= 0.6 is 0 Å². The van der Waals surface area contributed by atoms with E-state index in [0.717, 1.165) is 17.9 Å². The average Bonchev–Trinajstić information content (AvgIpc) is 3.30. The number of amides is 1. The van der Waals surface area contributed by atoms with Gasteiger partial charge in [-0.05, 0) is 32.3 Å². The van der Waals surface area contributed by atoms with Crippen molar-refractivity contribution in [3.63, 3.8) is 0 Å². The standard InChI is InChI=1S/C26H35N5O6/c1-30(2)12-15-37-23-7-5-4-6-20(23)18-31-19-28-21-8-9-22(29-25(21)31)26(33)27-11-14-36-17-16-35-13-10-24(32)34-3/h4-9,19H,10-18H2,1-3H3,(H,27,33). The summed E-state index contributed by atoms with van der Waals surface area (Å²) < 4.78 is 23.2.